The lowest BCUT2D eigenvalue weighted by molar-refractivity contribution is -0.134. The van der Waals surface area contributed by atoms with E-state index in [1.54, 1.807) is 0 Å². The van der Waals surface area contributed by atoms with E-state index in [2.05, 4.69) is 31.3 Å². The standard InChI is InChI=1S/C21H30N2O2/c1-15(2)17-6-8-19(9-7-17)22-21(25)18-11-13-23(14-12-18)20(24)10-5-16-3-4-16/h6-9,15-16,18H,3-5,10-14H2,1-2H3,(H,22,25). The first-order valence-corrected chi connectivity index (χ1v) is 9.71. The molecule has 25 heavy (non-hydrogen) atoms. The molecule has 1 aliphatic heterocycles. The SMILES string of the molecule is CC(C)c1ccc(NC(=O)C2CCN(C(=O)CCC3CC3)CC2)cc1. The summed E-state index contributed by atoms with van der Waals surface area (Å²) in [6.45, 7) is 5.75. The summed E-state index contributed by atoms with van der Waals surface area (Å²) in [5, 5.41) is 3.03. The zero-order valence-electron chi connectivity index (χ0n) is 15.5. The Morgan fingerprint density at radius 2 is 1.72 bits per heavy atom. The Morgan fingerprint density at radius 1 is 1.08 bits per heavy atom. The van der Waals surface area contributed by atoms with Crippen LogP contribution in [0.5, 0.6) is 0 Å². The number of hydrogen-bond acceptors (Lipinski definition) is 2. The third kappa shape index (κ3) is 5.07. The van der Waals surface area contributed by atoms with Crippen LogP contribution >= 0.6 is 0 Å². The summed E-state index contributed by atoms with van der Waals surface area (Å²) in [6, 6.07) is 8.09. The number of likely N-dealkylation sites (tertiary alicyclic amines) is 1. The summed E-state index contributed by atoms with van der Waals surface area (Å²) < 4.78 is 0. The van der Waals surface area contributed by atoms with Crippen molar-refractivity contribution in [2.24, 2.45) is 11.8 Å². The molecule has 1 N–H and O–H groups in total. The number of carbonyl (C=O) groups excluding carboxylic acids is 2. The first-order valence-electron chi connectivity index (χ1n) is 9.71. The van der Waals surface area contributed by atoms with Crippen molar-refractivity contribution in [3.8, 4) is 0 Å². The number of nitrogens with one attached hydrogen (secondary N) is 1. The largest absolute Gasteiger partial charge is 0.343 e. The van der Waals surface area contributed by atoms with Gasteiger partial charge in [-0.2, -0.15) is 0 Å². The number of nitrogens with zero attached hydrogens (tertiary/aromatic N) is 1. The Morgan fingerprint density at radius 3 is 2.28 bits per heavy atom. The highest BCUT2D eigenvalue weighted by Crippen LogP contribution is 2.33. The fourth-order valence-corrected chi connectivity index (χ4v) is 3.48. The van der Waals surface area contributed by atoms with Gasteiger partial charge in [-0.05, 0) is 48.8 Å². The second-order valence-corrected chi connectivity index (χ2v) is 7.90. The Kier molecular flexibility index (Phi) is 5.77. The molecule has 0 unspecified atom stereocenters. The van der Waals surface area contributed by atoms with E-state index in [0.717, 1.165) is 30.9 Å². The van der Waals surface area contributed by atoms with Gasteiger partial charge in [0.25, 0.3) is 0 Å². The number of hydrogen-bond donors (Lipinski definition) is 1. The maximum atomic E-state index is 12.5. The van der Waals surface area contributed by atoms with Crippen molar-refractivity contribution in [3.63, 3.8) is 0 Å². The van der Waals surface area contributed by atoms with E-state index < -0.39 is 0 Å². The Balaban J connectivity index is 1.43. The molecule has 0 radical (unpaired) electrons. The predicted molar refractivity (Wildman–Crippen MR) is 100 cm³/mol. The van der Waals surface area contributed by atoms with Gasteiger partial charge in [-0.25, -0.2) is 0 Å². The van der Waals surface area contributed by atoms with Crippen LogP contribution in [0.1, 0.15) is 63.9 Å². The Labute approximate surface area is 151 Å². The molecular weight excluding hydrogens is 312 g/mol. The van der Waals surface area contributed by atoms with Crippen molar-refractivity contribution in [1.82, 2.24) is 4.90 Å². The molecule has 136 valence electrons. The van der Waals surface area contributed by atoms with Crippen LogP contribution in [0, 0.1) is 11.8 Å². The van der Waals surface area contributed by atoms with Crippen molar-refractivity contribution in [2.75, 3.05) is 18.4 Å². The first kappa shape index (κ1) is 18.0. The summed E-state index contributed by atoms with van der Waals surface area (Å²) >= 11 is 0. The van der Waals surface area contributed by atoms with Crippen molar-refractivity contribution < 1.29 is 9.59 Å². The van der Waals surface area contributed by atoms with Gasteiger partial charge in [-0.1, -0.05) is 38.8 Å². The van der Waals surface area contributed by atoms with E-state index in [1.165, 1.54) is 18.4 Å². The molecule has 1 heterocycles. The van der Waals surface area contributed by atoms with Gasteiger partial charge >= 0.3 is 0 Å². The van der Waals surface area contributed by atoms with Gasteiger partial charge in [0.2, 0.25) is 11.8 Å². The number of carbonyl (C=O) groups is 2. The normalized spacial score (nSPS) is 18.4. The topological polar surface area (TPSA) is 49.4 Å². The highest BCUT2D eigenvalue weighted by molar-refractivity contribution is 5.92. The minimum atomic E-state index is 0.0113. The van der Waals surface area contributed by atoms with Crippen LogP contribution < -0.4 is 5.32 Å². The predicted octanol–water partition coefficient (Wildman–Crippen LogP) is 4.18. The number of piperidine rings is 1. The molecule has 1 saturated heterocycles. The van der Waals surface area contributed by atoms with Crippen molar-refractivity contribution in [3.05, 3.63) is 29.8 Å². The van der Waals surface area contributed by atoms with Crippen LogP contribution in [0.25, 0.3) is 0 Å². The molecule has 1 aromatic rings. The van der Waals surface area contributed by atoms with Gasteiger partial charge in [0.05, 0.1) is 0 Å². The molecule has 2 fully saturated rings. The van der Waals surface area contributed by atoms with E-state index in [1.807, 2.05) is 17.0 Å². The van der Waals surface area contributed by atoms with Crippen LogP contribution in [0.3, 0.4) is 0 Å². The van der Waals surface area contributed by atoms with E-state index in [0.29, 0.717) is 25.4 Å². The van der Waals surface area contributed by atoms with E-state index >= 15 is 0 Å². The molecule has 1 saturated carbocycles. The summed E-state index contributed by atoms with van der Waals surface area (Å²) in [6.07, 6.45) is 5.87. The molecule has 3 rings (SSSR count). The Hall–Kier alpha value is -1.84. The van der Waals surface area contributed by atoms with E-state index in [-0.39, 0.29) is 17.7 Å². The molecule has 1 aromatic carbocycles. The minimum absolute atomic E-state index is 0.0113. The second-order valence-electron chi connectivity index (χ2n) is 7.90. The average Bonchev–Trinajstić information content (AvgIpc) is 3.44. The molecule has 0 atom stereocenters. The first-order chi connectivity index (χ1) is 12.0. The lowest BCUT2D eigenvalue weighted by Crippen LogP contribution is -2.41. The molecule has 2 amide bonds. The summed E-state index contributed by atoms with van der Waals surface area (Å²) in [7, 11) is 0. The van der Waals surface area contributed by atoms with E-state index in [4.69, 9.17) is 0 Å². The van der Waals surface area contributed by atoms with Gasteiger partial charge in [0, 0.05) is 31.1 Å². The number of amides is 2. The summed E-state index contributed by atoms with van der Waals surface area (Å²) in [4.78, 5) is 26.6. The minimum Gasteiger partial charge on any atom is -0.343 e. The lowest BCUT2D eigenvalue weighted by Gasteiger charge is -2.31. The monoisotopic (exact) mass is 342 g/mol. The van der Waals surface area contributed by atoms with Crippen LogP contribution in [-0.4, -0.2) is 29.8 Å². The maximum absolute atomic E-state index is 12.5. The molecule has 4 nitrogen and oxygen atoms in total. The number of anilines is 1. The van der Waals surface area contributed by atoms with Crippen LogP contribution in [-0.2, 0) is 9.59 Å². The third-order valence-corrected chi connectivity index (χ3v) is 5.53. The highest BCUT2D eigenvalue weighted by Gasteiger charge is 2.28. The quantitative estimate of drug-likeness (QED) is 0.843. The molecule has 0 bridgehead atoms. The average molecular weight is 342 g/mol. The van der Waals surface area contributed by atoms with Crippen molar-refractivity contribution >= 4 is 17.5 Å². The fourth-order valence-electron chi connectivity index (χ4n) is 3.48. The van der Waals surface area contributed by atoms with Gasteiger partial charge in [0.1, 0.15) is 0 Å². The second kappa shape index (κ2) is 8.03. The Bertz CT molecular complexity index is 597. The molecule has 2 aliphatic rings. The summed E-state index contributed by atoms with van der Waals surface area (Å²) in [5.74, 6) is 1.66. The van der Waals surface area contributed by atoms with E-state index in [9.17, 15) is 9.59 Å². The lowest BCUT2D eigenvalue weighted by atomic mass is 9.95. The number of rotatable bonds is 6. The van der Waals surface area contributed by atoms with Crippen LogP contribution in [0.15, 0.2) is 24.3 Å². The molecular formula is C21H30N2O2. The van der Waals surface area contributed by atoms with Gasteiger partial charge in [-0.15, -0.1) is 0 Å². The molecule has 0 aromatic heterocycles. The smallest absolute Gasteiger partial charge is 0.227 e. The molecule has 4 heteroatoms. The summed E-state index contributed by atoms with van der Waals surface area (Å²) in [5.41, 5.74) is 2.13. The maximum Gasteiger partial charge on any atom is 0.227 e. The van der Waals surface area contributed by atoms with Crippen LogP contribution in [0.2, 0.25) is 0 Å². The van der Waals surface area contributed by atoms with Gasteiger partial charge in [0.15, 0.2) is 0 Å². The third-order valence-electron chi connectivity index (χ3n) is 5.53. The van der Waals surface area contributed by atoms with Gasteiger partial charge < -0.3 is 10.2 Å². The molecule has 1 aliphatic carbocycles. The fraction of sp³-hybridized carbons (Fsp3) is 0.619. The van der Waals surface area contributed by atoms with Crippen molar-refractivity contribution in [2.45, 2.75) is 58.3 Å². The zero-order chi connectivity index (χ0) is 17.8. The van der Waals surface area contributed by atoms with Gasteiger partial charge in [-0.3, -0.25) is 9.59 Å². The zero-order valence-corrected chi connectivity index (χ0v) is 15.5. The molecule has 0 spiro atoms. The van der Waals surface area contributed by atoms with Crippen molar-refractivity contribution in [1.29, 1.82) is 0 Å². The number of benzene rings is 1. The highest BCUT2D eigenvalue weighted by atomic mass is 16.2. The van der Waals surface area contributed by atoms with Crippen LogP contribution in [0.4, 0.5) is 5.69 Å².